The van der Waals surface area contributed by atoms with E-state index in [1.807, 2.05) is 19.1 Å². The molecule has 1 heterocycles. The Balaban J connectivity index is 2.72. The van der Waals surface area contributed by atoms with Gasteiger partial charge < -0.3 is 0 Å². The summed E-state index contributed by atoms with van der Waals surface area (Å²) in [6.07, 6.45) is 1.01. The maximum atomic E-state index is 8.91. The molecule has 0 bridgehead atoms. The minimum atomic E-state index is 0.663. The van der Waals surface area contributed by atoms with E-state index in [0.717, 1.165) is 23.0 Å². The molecule has 0 saturated carbocycles. The maximum absolute atomic E-state index is 8.91. The molecule has 2 nitrogen and oxygen atoms in total. The van der Waals surface area contributed by atoms with Crippen molar-refractivity contribution in [1.29, 1.82) is 5.26 Å². The molecule has 0 unspecified atom stereocenters. The van der Waals surface area contributed by atoms with Gasteiger partial charge in [-0.3, -0.25) is 4.98 Å². The van der Waals surface area contributed by atoms with E-state index in [0.29, 0.717) is 5.56 Å². The lowest BCUT2D eigenvalue weighted by Crippen LogP contribution is -1.90. The van der Waals surface area contributed by atoms with E-state index in [2.05, 4.69) is 30.1 Å². The van der Waals surface area contributed by atoms with Crippen molar-refractivity contribution < 1.29 is 0 Å². The second-order valence-electron chi connectivity index (χ2n) is 3.61. The lowest BCUT2D eigenvalue weighted by atomic mass is 10.1. The minimum absolute atomic E-state index is 0.663. The lowest BCUT2D eigenvalue weighted by Gasteiger charge is -2.03. The van der Waals surface area contributed by atoms with E-state index in [1.54, 1.807) is 0 Å². The van der Waals surface area contributed by atoms with Gasteiger partial charge in [0.05, 0.1) is 16.8 Å². The zero-order chi connectivity index (χ0) is 10.8. The summed E-state index contributed by atoms with van der Waals surface area (Å²) in [5.74, 6) is 0. The zero-order valence-corrected chi connectivity index (χ0v) is 8.91. The SMILES string of the molecule is CCc1ccc2nc(C)c(C#N)cc2c1. The minimum Gasteiger partial charge on any atom is -0.252 e. The first kappa shape index (κ1) is 9.67. The molecule has 0 aliphatic carbocycles. The van der Waals surface area contributed by atoms with Crippen LogP contribution in [0.25, 0.3) is 10.9 Å². The van der Waals surface area contributed by atoms with Gasteiger partial charge in [-0.15, -0.1) is 0 Å². The van der Waals surface area contributed by atoms with E-state index >= 15 is 0 Å². The van der Waals surface area contributed by atoms with Crippen LogP contribution < -0.4 is 0 Å². The number of benzene rings is 1. The van der Waals surface area contributed by atoms with Crippen molar-refractivity contribution in [3.8, 4) is 6.07 Å². The lowest BCUT2D eigenvalue weighted by molar-refractivity contribution is 1.14. The largest absolute Gasteiger partial charge is 0.252 e. The van der Waals surface area contributed by atoms with E-state index in [1.165, 1.54) is 5.56 Å². The first-order valence-corrected chi connectivity index (χ1v) is 5.05. The number of aromatic nitrogens is 1. The number of aryl methyl sites for hydroxylation is 2. The van der Waals surface area contributed by atoms with Crippen LogP contribution in [0, 0.1) is 18.3 Å². The number of fused-ring (bicyclic) bond motifs is 1. The molecule has 0 atom stereocenters. The first-order chi connectivity index (χ1) is 7.24. The van der Waals surface area contributed by atoms with Gasteiger partial charge in [-0.1, -0.05) is 13.0 Å². The van der Waals surface area contributed by atoms with Crippen LogP contribution in [0.3, 0.4) is 0 Å². The first-order valence-electron chi connectivity index (χ1n) is 5.05. The highest BCUT2D eigenvalue weighted by Gasteiger charge is 2.02. The maximum Gasteiger partial charge on any atom is 0.101 e. The van der Waals surface area contributed by atoms with Crippen molar-refractivity contribution >= 4 is 10.9 Å². The standard InChI is InChI=1S/C13H12N2/c1-3-10-4-5-13-11(6-10)7-12(8-14)9(2)15-13/h4-7H,3H2,1-2H3. The molecule has 1 aromatic carbocycles. The van der Waals surface area contributed by atoms with Crippen molar-refractivity contribution in [2.75, 3.05) is 0 Å². The summed E-state index contributed by atoms with van der Waals surface area (Å²) in [7, 11) is 0. The average Bonchev–Trinajstić information content (AvgIpc) is 2.27. The van der Waals surface area contributed by atoms with Crippen LogP contribution in [0.1, 0.15) is 23.7 Å². The average molecular weight is 196 g/mol. The molecule has 0 N–H and O–H groups in total. The molecule has 0 aliphatic heterocycles. The zero-order valence-electron chi connectivity index (χ0n) is 8.91. The Hall–Kier alpha value is -1.88. The fourth-order valence-electron chi connectivity index (χ4n) is 1.66. The van der Waals surface area contributed by atoms with Crippen LogP contribution in [0.4, 0.5) is 0 Å². The molecule has 0 aliphatic rings. The summed E-state index contributed by atoms with van der Waals surface area (Å²) >= 11 is 0. The normalized spacial score (nSPS) is 10.2. The van der Waals surface area contributed by atoms with Gasteiger partial charge in [0, 0.05) is 5.39 Å². The predicted molar refractivity (Wildman–Crippen MR) is 60.6 cm³/mol. The summed E-state index contributed by atoms with van der Waals surface area (Å²) in [6.45, 7) is 3.99. The van der Waals surface area contributed by atoms with Crippen molar-refractivity contribution in [3.05, 3.63) is 41.1 Å². The number of hydrogen-bond acceptors (Lipinski definition) is 2. The Bertz CT molecular complexity index is 550. The van der Waals surface area contributed by atoms with E-state index in [4.69, 9.17) is 5.26 Å². The molecular weight excluding hydrogens is 184 g/mol. The van der Waals surface area contributed by atoms with E-state index in [-0.39, 0.29) is 0 Å². The Labute approximate surface area is 89.2 Å². The second-order valence-corrected chi connectivity index (χ2v) is 3.61. The number of hydrogen-bond donors (Lipinski definition) is 0. The van der Waals surface area contributed by atoms with Crippen molar-refractivity contribution in [3.63, 3.8) is 0 Å². The third-order valence-corrected chi connectivity index (χ3v) is 2.60. The van der Waals surface area contributed by atoms with Gasteiger partial charge in [0.15, 0.2) is 0 Å². The molecule has 2 aromatic rings. The molecule has 74 valence electrons. The highest BCUT2D eigenvalue weighted by molar-refractivity contribution is 5.81. The van der Waals surface area contributed by atoms with Crippen LogP contribution in [-0.2, 0) is 6.42 Å². The smallest absolute Gasteiger partial charge is 0.101 e. The molecule has 1 aromatic heterocycles. The van der Waals surface area contributed by atoms with Crippen molar-refractivity contribution in [1.82, 2.24) is 4.98 Å². The highest BCUT2D eigenvalue weighted by Crippen LogP contribution is 2.17. The molecule has 0 amide bonds. The molecule has 15 heavy (non-hydrogen) atoms. The third kappa shape index (κ3) is 1.69. The Kier molecular flexibility index (Phi) is 2.39. The van der Waals surface area contributed by atoms with Crippen LogP contribution >= 0.6 is 0 Å². The molecule has 2 heteroatoms. The fraction of sp³-hybridized carbons (Fsp3) is 0.231. The number of rotatable bonds is 1. The number of pyridine rings is 1. The molecule has 2 rings (SSSR count). The van der Waals surface area contributed by atoms with Crippen molar-refractivity contribution in [2.45, 2.75) is 20.3 Å². The molecule has 0 radical (unpaired) electrons. The fourth-order valence-corrected chi connectivity index (χ4v) is 1.66. The van der Waals surface area contributed by atoms with Gasteiger partial charge in [-0.25, -0.2) is 0 Å². The van der Waals surface area contributed by atoms with Gasteiger partial charge in [-0.2, -0.15) is 5.26 Å². The van der Waals surface area contributed by atoms with Gasteiger partial charge >= 0.3 is 0 Å². The quantitative estimate of drug-likeness (QED) is 0.703. The van der Waals surface area contributed by atoms with Gasteiger partial charge in [0.2, 0.25) is 0 Å². The summed E-state index contributed by atoms with van der Waals surface area (Å²) in [5, 5.41) is 9.97. The summed E-state index contributed by atoms with van der Waals surface area (Å²) in [6, 6.07) is 10.3. The Morgan fingerprint density at radius 3 is 2.80 bits per heavy atom. The third-order valence-electron chi connectivity index (χ3n) is 2.60. The summed E-state index contributed by atoms with van der Waals surface area (Å²) in [4.78, 5) is 4.40. The molecule has 0 spiro atoms. The van der Waals surface area contributed by atoms with Crippen molar-refractivity contribution in [2.24, 2.45) is 0 Å². The number of nitrogens with zero attached hydrogens (tertiary/aromatic N) is 2. The highest BCUT2D eigenvalue weighted by atomic mass is 14.7. The summed E-state index contributed by atoms with van der Waals surface area (Å²) in [5.41, 5.74) is 3.70. The van der Waals surface area contributed by atoms with E-state index < -0.39 is 0 Å². The van der Waals surface area contributed by atoms with Gasteiger partial charge in [0.25, 0.3) is 0 Å². The Morgan fingerprint density at radius 1 is 1.33 bits per heavy atom. The molecule has 0 fully saturated rings. The number of nitriles is 1. The van der Waals surface area contributed by atoms with Gasteiger partial charge in [-0.05, 0) is 37.1 Å². The van der Waals surface area contributed by atoms with Crippen LogP contribution in [0.15, 0.2) is 24.3 Å². The topological polar surface area (TPSA) is 36.7 Å². The van der Waals surface area contributed by atoms with Crippen LogP contribution in [0.2, 0.25) is 0 Å². The van der Waals surface area contributed by atoms with Crippen LogP contribution in [0.5, 0.6) is 0 Å². The Morgan fingerprint density at radius 2 is 2.13 bits per heavy atom. The molecule has 0 saturated heterocycles. The van der Waals surface area contributed by atoms with Crippen LogP contribution in [-0.4, -0.2) is 4.98 Å². The predicted octanol–water partition coefficient (Wildman–Crippen LogP) is 2.98. The summed E-state index contributed by atoms with van der Waals surface area (Å²) < 4.78 is 0. The molecular formula is C13H12N2. The monoisotopic (exact) mass is 196 g/mol. The second kappa shape index (κ2) is 3.70. The van der Waals surface area contributed by atoms with E-state index in [9.17, 15) is 0 Å². The van der Waals surface area contributed by atoms with Gasteiger partial charge in [0.1, 0.15) is 6.07 Å².